The Morgan fingerprint density at radius 1 is 1.42 bits per heavy atom. The molecule has 0 aliphatic rings. The highest BCUT2D eigenvalue weighted by Crippen LogP contribution is 2.09. The Bertz CT molecular complexity index is 562. The van der Waals surface area contributed by atoms with E-state index in [-0.39, 0.29) is 5.91 Å². The lowest BCUT2D eigenvalue weighted by molar-refractivity contribution is 0.0950. The zero-order chi connectivity index (χ0) is 13.7. The number of nitrogens with zero attached hydrogens (tertiary/aromatic N) is 2. The maximum Gasteiger partial charge on any atom is 0.251 e. The largest absolute Gasteiger partial charge is 0.348 e. The van der Waals surface area contributed by atoms with Crippen LogP contribution in [0, 0.1) is 0 Å². The summed E-state index contributed by atoms with van der Waals surface area (Å²) in [6.45, 7) is 1.01. The molecule has 0 radical (unpaired) electrons. The summed E-state index contributed by atoms with van der Waals surface area (Å²) in [6.07, 6.45) is 4.33. The van der Waals surface area contributed by atoms with Crippen molar-refractivity contribution in [1.29, 1.82) is 0 Å². The van der Waals surface area contributed by atoms with Gasteiger partial charge in [0.25, 0.3) is 5.91 Å². The molecule has 3 N–H and O–H groups in total. The first kappa shape index (κ1) is 13.3. The lowest BCUT2D eigenvalue weighted by Gasteiger charge is -2.08. The molecule has 0 bridgehead atoms. The van der Waals surface area contributed by atoms with Gasteiger partial charge in [-0.25, -0.2) is 0 Å². The van der Waals surface area contributed by atoms with Crippen LogP contribution in [0.5, 0.6) is 0 Å². The number of hydrogen-bond acceptors (Lipinski definition) is 3. The lowest BCUT2D eigenvalue weighted by Crippen LogP contribution is -2.24. The maximum atomic E-state index is 12.1. The molecule has 2 rings (SSSR count). The van der Waals surface area contributed by atoms with Gasteiger partial charge in [-0.3, -0.25) is 9.48 Å². The molecule has 0 saturated heterocycles. The van der Waals surface area contributed by atoms with Crippen LogP contribution in [-0.4, -0.2) is 22.2 Å². The van der Waals surface area contributed by atoms with E-state index in [0.29, 0.717) is 25.1 Å². The predicted molar refractivity (Wildman–Crippen MR) is 73.6 cm³/mol. The van der Waals surface area contributed by atoms with Crippen LogP contribution >= 0.6 is 0 Å². The maximum absolute atomic E-state index is 12.1. The first-order valence-electron chi connectivity index (χ1n) is 6.24. The highest BCUT2D eigenvalue weighted by Gasteiger charge is 2.10. The molecule has 19 heavy (non-hydrogen) atoms. The standard InChI is InChI=1S/C14H18N4O/c1-18-10-11(9-17-18)8-16-14(19)13-5-3-2-4-12(13)6-7-15/h2-5,9-10H,6-8,15H2,1H3,(H,16,19). The molecule has 1 aromatic carbocycles. The molecule has 0 fully saturated rings. The van der Waals surface area contributed by atoms with Gasteiger partial charge in [-0.15, -0.1) is 0 Å². The van der Waals surface area contributed by atoms with Crippen LogP contribution in [-0.2, 0) is 20.0 Å². The van der Waals surface area contributed by atoms with Crippen molar-refractivity contribution < 1.29 is 4.79 Å². The summed E-state index contributed by atoms with van der Waals surface area (Å²) in [6, 6.07) is 7.54. The van der Waals surface area contributed by atoms with Crippen LogP contribution in [0.3, 0.4) is 0 Å². The summed E-state index contributed by atoms with van der Waals surface area (Å²) >= 11 is 0. The summed E-state index contributed by atoms with van der Waals surface area (Å²) < 4.78 is 1.71. The van der Waals surface area contributed by atoms with E-state index in [0.717, 1.165) is 11.1 Å². The topological polar surface area (TPSA) is 72.9 Å². The Morgan fingerprint density at radius 2 is 2.21 bits per heavy atom. The van der Waals surface area contributed by atoms with Gasteiger partial charge >= 0.3 is 0 Å². The SMILES string of the molecule is Cn1cc(CNC(=O)c2ccccc2CCN)cn1. The molecule has 5 heteroatoms. The van der Waals surface area contributed by atoms with Gasteiger partial charge < -0.3 is 11.1 Å². The summed E-state index contributed by atoms with van der Waals surface area (Å²) in [5, 5.41) is 6.96. The van der Waals surface area contributed by atoms with E-state index in [1.807, 2.05) is 37.5 Å². The molecule has 2 aromatic rings. The number of amides is 1. The number of nitrogens with one attached hydrogen (secondary N) is 1. The average Bonchev–Trinajstić information content (AvgIpc) is 2.83. The molecule has 100 valence electrons. The zero-order valence-corrected chi connectivity index (χ0v) is 11.0. The molecule has 1 aromatic heterocycles. The first-order valence-corrected chi connectivity index (χ1v) is 6.24. The van der Waals surface area contributed by atoms with E-state index in [4.69, 9.17) is 5.73 Å². The molecule has 1 heterocycles. The quantitative estimate of drug-likeness (QED) is 0.835. The Kier molecular flexibility index (Phi) is 4.30. The minimum Gasteiger partial charge on any atom is -0.348 e. The normalized spacial score (nSPS) is 10.4. The van der Waals surface area contributed by atoms with Crippen LogP contribution in [0.25, 0.3) is 0 Å². The molecular formula is C14H18N4O. The summed E-state index contributed by atoms with van der Waals surface area (Å²) in [5.74, 6) is -0.0760. The van der Waals surface area contributed by atoms with Crippen molar-refractivity contribution in [3.8, 4) is 0 Å². The van der Waals surface area contributed by atoms with E-state index in [1.165, 1.54) is 0 Å². The van der Waals surface area contributed by atoms with Gasteiger partial charge in [0.1, 0.15) is 0 Å². The molecule has 0 aliphatic carbocycles. The van der Waals surface area contributed by atoms with Gasteiger partial charge in [0, 0.05) is 30.9 Å². The van der Waals surface area contributed by atoms with Gasteiger partial charge in [0.15, 0.2) is 0 Å². The van der Waals surface area contributed by atoms with E-state index >= 15 is 0 Å². The predicted octanol–water partition coefficient (Wildman–Crippen LogP) is 0.851. The van der Waals surface area contributed by atoms with Gasteiger partial charge in [0.05, 0.1) is 6.20 Å². The van der Waals surface area contributed by atoms with Crippen molar-refractivity contribution in [2.45, 2.75) is 13.0 Å². The molecular weight excluding hydrogens is 240 g/mol. The number of aryl methyl sites for hydroxylation is 1. The van der Waals surface area contributed by atoms with Crippen molar-refractivity contribution in [1.82, 2.24) is 15.1 Å². The van der Waals surface area contributed by atoms with Crippen molar-refractivity contribution in [3.63, 3.8) is 0 Å². The Morgan fingerprint density at radius 3 is 2.89 bits per heavy atom. The van der Waals surface area contributed by atoms with E-state index < -0.39 is 0 Å². The highest BCUT2D eigenvalue weighted by atomic mass is 16.1. The molecule has 1 amide bonds. The third-order valence-corrected chi connectivity index (χ3v) is 2.89. The smallest absolute Gasteiger partial charge is 0.251 e. The fourth-order valence-electron chi connectivity index (χ4n) is 1.96. The first-order chi connectivity index (χ1) is 9.20. The summed E-state index contributed by atoms with van der Waals surface area (Å²) in [5.41, 5.74) is 8.21. The van der Waals surface area contributed by atoms with Crippen molar-refractivity contribution >= 4 is 5.91 Å². The number of rotatable bonds is 5. The van der Waals surface area contributed by atoms with Crippen molar-refractivity contribution in [2.24, 2.45) is 12.8 Å². The Labute approximate surface area is 112 Å². The molecule has 0 spiro atoms. The molecule has 0 aliphatic heterocycles. The van der Waals surface area contributed by atoms with Gasteiger partial charge in [0.2, 0.25) is 0 Å². The number of nitrogens with two attached hydrogens (primary N) is 1. The van der Waals surface area contributed by atoms with Crippen LogP contribution in [0.1, 0.15) is 21.5 Å². The third kappa shape index (κ3) is 3.42. The van der Waals surface area contributed by atoms with E-state index in [1.54, 1.807) is 10.9 Å². The molecule has 0 unspecified atom stereocenters. The second kappa shape index (κ2) is 6.15. The average molecular weight is 258 g/mol. The number of aromatic nitrogens is 2. The van der Waals surface area contributed by atoms with Crippen LogP contribution < -0.4 is 11.1 Å². The number of carbonyl (C=O) groups is 1. The monoisotopic (exact) mass is 258 g/mol. The van der Waals surface area contributed by atoms with Crippen LogP contribution in [0.2, 0.25) is 0 Å². The Balaban J connectivity index is 2.03. The lowest BCUT2D eigenvalue weighted by atomic mass is 10.0. The van der Waals surface area contributed by atoms with Crippen molar-refractivity contribution in [3.05, 3.63) is 53.3 Å². The second-order valence-electron chi connectivity index (χ2n) is 4.40. The molecule has 0 saturated carbocycles. The molecule has 5 nitrogen and oxygen atoms in total. The minimum atomic E-state index is -0.0760. The van der Waals surface area contributed by atoms with Crippen molar-refractivity contribution in [2.75, 3.05) is 6.54 Å². The number of benzene rings is 1. The zero-order valence-electron chi connectivity index (χ0n) is 11.0. The highest BCUT2D eigenvalue weighted by molar-refractivity contribution is 5.95. The van der Waals surface area contributed by atoms with E-state index in [9.17, 15) is 4.79 Å². The van der Waals surface area contributed by atoms with Crippen LogP contribution in [0.15, 0.2) is 36.7 Å². The van der Waals surface area contributed by atoms with Gasteiger partial charge in [-0.2, -0.15) is 5.10 Å². The number of hydrogen-bond donors (Lipinski definition) is 2. The summed E-state index contributed by atoms with van der Waals surface area (Å²) in [4.78, 5) is 12.1. The third-order valence-electron chi connectivity index (χ3n) is 2.89. The number of carbonyl (C=O) groups excluding carboxylic acids is 1. The fourth-order valence-corrected chi connectivity index (χ4v) is 1.96. The van der Waals surface area contributed by atoms with Crippen LogP contribution in [0.4, 0.5) is 0 Å². The fraction of sp³-hybridized carbons (Fsp3) is 0.286. The van der Waals surface area contributed by atoms with E-state index in [2.05, 4.69) is 10.4 Å². The van der Waals surface area contributed by atoms with Gasteiger partial charge in [-0.05, 0) is 24.6 Å². The Hall–Kier alpha value is -2.14. The summed E-state index contributed by atoms with van der Waals surface area (Å²) in [7, 11) is 1.85. The minimum absolute atomic E-state index is 0.0760. The van der Waals surface area contributed by atoms with Gasteiger partial charge in [-0.1, -0.05) is 18.2 Å². The molecule has 0 atom stereocenters. The second-order valence-corrected chi connectivity index (χ2v) is 4.40.